The van der Waals surface area contributed by atoms with Crippen LogP contribution in [0.4, 0.5) is 5.69 Å². The lowest BCUT2D eigenvalue weighted by Crippen LogP contribution is -2.55. The molecule has 2 aliphatic rings. The highest BCUT2D eigenvalue weighted by Gasteiger charge is 2.42. The van der Waals surface area contributed by atoms with E-state index in [4.69, 9.17) is 0 Å². The van der Waals surface area contributed by atoms with E-state index in [9.17, 15) is 9.59 Å². The molecule has 2 amide bonds. The normalized spacial score (nSPS) is 20.2. The number of rotatable bonds is 5. The maximum absolute atomic E-state index is 13.3. The van der Waals surface area contributed by atoms with Crippen molar-refractivity contribution in [2.24, 2.45) is 0 Å². The van der Waals surface area contributed by atoms with Crippen LogP contribution in [0.15, 0.2) is 42.7 Å². The van der Waals surface area contributed by atoms with Gasteiger partial charge in [-0.1, -0.05) is 12.1 Å². The molecule has 1 atom stereocenters. The summed E-state index contributed by atoms with van der Waals surface area (Å²) in [5.74, 6) is 0.161. The Bertz CT molecular complexity index is 842. The molecule has 0 saturated carbocycles. The number of nitrogens with one attached hydrogen (secondary N) is 2. The lowest BCUT2D eigenvalue weighted by molar-refractivity contribution is -0.132. The molecule has 4 rings (SSSR count). The summed E-state index contributed by atoms with van der Waals surface area (Å²) >= 11 is 0. The van der Waals surface area contributed by atoms with E-state index < -0.39 is 5.54 Å². The standard InChI is InChI=1S/C21H27N5O2/c1-16(17-5-2-6-18(15-17)25-13-3-7-19(25)27)24-20(28)21(8-11-22-12-9-21)26-14-4-10-23-26/h2,4-6,10,14-16,22H,3,7-9,11-13H2,1H3,(H,24,28). The molecule has 1 unspecified atom stereocenters. The minimum Gasteiger partial charge on any atom is -0.347 e. The Morgan fingerprint density at radius 1 is 1.29 bits per heavy atom. The third-order valence-corrected chi connectivity index (χ3v) is 5.90. The summed E-state index contributed by atoms with van der Waals surface area (Å²) in [7, 11) is 0. The lowest BCUT2D eigenvalue weighted by Gasteiger charge is -2.37. The van der Waals surface area contributed by atoms with Crippen molar-refractivity contribution in [3.8, 4) is 0 Å². The molecular weight excluding hydrogens is 354 g/mol. The minimum atomic E-state index is -0.661. The fourth-order valence-corrected chi connectivity index (χ4v) is 4.22. The summed E-state index contributed by atoms with van der Waals surface area (Å²) in [4.78, 5) is 27.2. The Balaban J connectivity index is 1.53. The fraction of sp³-hybridized carbons (Fsp3) is 0.476. The van der Waals surface area contributed by atoms with Gasteiger partial charge >= 0.3 is 0 Å². The Labute approximate surface area is 165 Å². The van der Waals surface area contributed by atoms with Crippen molar-refractivity contribution in [1.82, 2.24) is 20.4 Å². The predicted molar refractivity (Wildman–Crippen MR) is 107 cm³/mol. The first kappa shape index (κ1) is 18.7. The van der Waals surface area contributed by atoms with Gasteiger partial charge in [0.15, 0.2) is 0 Å². The fourth-order valence-electron chi connectivity index (χ4n) is 4.22. The zero-order chi connectivity index (χ0) is 19.6. The Hall–Kier alpha value is -2.67. The molecule has 28 heavy (non-hydrogen) atoms. The van der Waals surface area contributed by atoms with Crippen molar-refractivity contribution in [2.45, 2.75) is 44.2 Å². The third-order valence-electron chi connectivity index (χ3n) is 5.90. The van der Waals surface area contributed by atoms with Gasteiger partial charge < -0.3 is 15.5 Å². The van der Waals surface area contributed by atoms with Crippen LogP contribution < -0.4 is 15.5 Å². The van der Waals surface area contributed by atoms with Gasteiger partial charge in [0, 0.05) is 31.0 Å². The van der Waals surface area contributed by atoms with Gasteiger partial charge in [-0.25, -0.2) is 0 Å². The van der Waals surface area contributed by atoms with E-state index in [1.165, 1.54) is 0 Å². The maximum atomic E-state index is 13.3. The van der Waals surface area contributed by atoms with Crippen LogP contribution in [0.3, 0.4) is 0 Å². The molecule has 1 aromatic carbocycles. The van der Waals surface area contributed by atoms with E-state index >= 15 is 0 Å². The molecule has 3 heterocycles. The van der Waals surface area contributed by atoms with Gasteiger partial charge in [-0.3, -0.25) is 14.3 Å². The maximum Gasteiger partial charge on any atom is 0.248 e. The SMILES string of the molecule is CC(NC(=O)C1(n2cccn2)CCNCC1)c1cccc(N2CCCC2=O)c1. The number of benzene rings is 1. The largest absolute Gasteiger partial charge is 0.347 e. The van der Waals surface area contributed by atoms with Crippen molar-refractivity contribution < 1.29 is 9.59 Å². The van der Waals surface area contributed by atoms with Gasteiger partial charge in [0.2, 0.25) is 11.8 Å². The second-order valence-electron chi connectivity index (χ2n) is 7.67. The highest BCUT2D eigenvalue weighted by atomic mass is 16.2. The van der Waals surface area contributed by atoms with Gasteiger partial charge in [0.1, 0.15) is 5.54 Å². The molecule has 7 heteroatoms. The van der Waals surface area contributed by atoms with E-state index in [-0.39, 0.29) is 17.9 Å². The van der Waals surface area contributed by atoms with Crippen LogP contribution in [0.2, 0.25) is 0 Å². The van der Waals surface area contributed by atoms with Crippen LogP contribution >= 0.6 is 0 Å². The number of hydrogen-bond donors (Lipinski definition) is 2. The van der Waals surface area contributed by atoms with Crippen molar-refractivity contribution in [1.29, 1.82) is 0 Å². The number of piperidine rings is 1. The van der Waals surface area contributed by atoms with Crippen molar-refractivity contribution in [3.63, 3.8) is 0 Å². The number of carbonyl (C=O) groups excluding carboxylic acids is 2. The summed E-state index contributed by atoms with van der Waals surface area (Å²) in [5.41, 5.74) is 1.24. The van der Waals surface area contributed by atoms with E-state index in [1.807, 2.05) is 48.4 Å². The summed E-state index contributed by atoms with van der Waals surface area (Å²) in [6.45, 7) is 4.32. The van der Waals surface area contributed by atoms with Gasteiger partial charge in [0.25, 0.3) is 0 Å². The molecule has 0 bridgehead atoms. The Morgan fingerprint density at radius 3 is 2.79 bits per heavy atom. The van der Waals surface area contributed by atoms with Crippen molar-refractivity contribution >= 4 is 17.5 Å². The van der Waals surface area contributed by atoms with Gasteiger partial charge in [-0.15, -0.1) is 0 Å². The number of anilines is 1. The molecule has 2 saturated heterocycles. The van der Waals surface area contributed by atoms with Crippen LogP contribution in [0, 0.1) is 0 Å². The van der Waals surface area contributed by atoms with Gasteiger partial charge in [0.05, 0.1) is 6.04 Å². The monoisotopic (exact) mass is 381 g/mol. The summed E-state index contributed by atoms with van der Waals surface area (Å²) in [6, 6.07) is 9.62. The summed E-state index contributed by atoms with van der Waals surface area (Å²) < 4.78 is 1.80. The van der Waals surface area contributed by atoms with Crippen LogP contribution in [0.5, 0.6) is 0 Å². The van der Waals surface area contributed by atoms with Crippen molar-refractivity contribution in [2.75, 3.05) is 24.5 Å². The number of nitrogens with zero attached hydrogens (tertiary/aromatic N) is 3. The zero-order valence-corrected chi connectivity index (χ0v) is 16.2. The average Bonchev–Trinajstić information content (AvgIpc) is 3.40. The van der Waals surface area contributed by atoms with Crippen LogP contribution in [-0.2, 0) is 15.1 Å². The number of carbonyl (C=O) groups is 2. The third kappa shape index (κ3) is 3.42. The Kier molecular flexibility index (Phi) is 5.17. The second kappa shape index (κ2) is 7.75. The van der Waals surface area contributed by atoms with Crippen LogP contribution in [-0.4, -0.2) is 41.2 Å². The number of hydrogen-bond acceptors (Lipinski definition) is 4. The topological polar surface area (TPSA) is 79.3 Å². The van der Waals surface area contributed by atoms with Gasteiger partial charge in [-0.05, 0) is 63.0 Å². The molecule has 2 aromatic rings. The first-order chi connectivity index (χ1) is 13.6. The van der Waals surface area contributed by atoms with Crippen LogP contribution in [0.25, 0.3) is 0 Å². The summed E-state index contributed by atoms with van der Waals surface area (Å²) in [6.07, 6.45) is 6.50. The lowest BCUT2D eigenvalue weighted by atomic mass is 9.87. The molecule has 2 N–H and O–H groups in total. The summed E-state index contributed by atoms with van der Waals surface area (Å²) in [5, 5.41) is 10.9. The molecule has 0 radical (unpaired) electrons. The van der Waals surface area contributed by atoms with Gasteiger partial charge in [-0.2, -0.15) is 5.10 Å². The van der Waals surface area contributed by atoms with E-state index in [2.05, 4.69) is 15.7 Å². The number of amides is 2. The molecule has 148 valence electrons. The molecular formula is C21H27N5O2. The van der Waals surface area contributed by atoms with E-state index in [0.29, 0.717) is 19.3 Å². The van der Waals surface area contributed by atoms with Crippen LogP contribution in [0.1, 0.15) is 44.2 Å². The molecule has 0 spiro atoms. The smallest absolute Gasteiger partial charge is 0.248 e. The highest BCUT2D eigenvalue weighted by molar-refractivity contribution is 5.95. The molecule has 7 nitrogen and oxygen atoms in total. The molecule has 2 fully saturated rings. The highest BCUT2D eigenvalue weighted by Crippen LogP contribution is 2.29. The molecule has 0 aliphatic carbocycles. The van der Waals surface area contributed by atoms with E-state index in [1.54, 1.807) is 10.9 Å². The first-order valence-electron chi connectivity index (χ1n) is 10.0. The quantitative estimate of drug-likeness (QED) is 0.830. The molecule has 2 aliphatic heterocycles. The number of aromatic nitrogens is 2. The first-order valence-corrected chi connectivity index (χ1v) is 10.0. The second-order valence-corrected chi connectivity index (χ2v) is 7.67. The minimum absolute atomic E-state index is 0.00662. The molecule has 1 aromatic heterocycles. The predicted octanol–water partition coefficient (Wildman–Crippen LogP) is 1.97. The van der Waals surface area contributed by atoms with E-state index in [0.717, 1.165) is 37.3 Å². The van der Waals surface area contributed by atoms with Crippen molar-refractivity contribution in [3.05, 3.63) is 48.3 Å². The Morgan fingerprint density at radius 2 is 2.11 bits per heavy atom. The zero-order valence-electron chi connectivity index (χ0n) is 16.2. The average molecular weight is 381 g/mol.